The van der Waals surface area contributed by atoms with Crippen LogP contribution >= 0.6 is 0 Å². The fraction of sp³-hybridized carbons (Fsp3) is 0.154. The molecule has 0 aliphatic carbocycles. The molecule has 3 aromatic carbocycles. The summed E-state index contributed by atoms with van der Waals surface area (Å²) in [5.41, 5.74) is 7.07. The van der Waals surface area contributed by atoms with E-state index in [2.05, 4.69) is 5.32 Å². The highest BCUT2D eigenvalue weighted by atomic mass is 16.2. The van der Waals surface area contributed by atoms with Crippen LogP contribution in [0.5, 0.6) is 0 Å². The van der Waals surface area contributed by atoms with Gasteiger partial charge in [-0.2, -0.15) is 0 Å². The van der Waals surface area contributed by atoms with Gasteiger partial charge in [0.2, 0.25) is 0 Å². The van der Waals surface area contributed by atoms with Crippen LogP contribution in [0.25, 0.3) is 5.57 Å². The van der Waals surface area contributed by atoms with Gasteiger partial charge in [0.05, 0.1) is 11.3 Å². The summed E-state index contributed by atoms with van der Waals surface area (Å²) in [5, 5.41) is 3.23. The SMILES string of the molecule is Cc1cc(C)cc(N2C(=O)C(Nc3ccc(C)c(C)c3)=C(c3ccccc3)C2=O)c1. The third-order valence-electron chi connectivity index (χ3n) is 5.39. The number of anilines is 2. The van der Waals surface area contributed by atoms with Crippen LogP contribution in [0.2, 0.25) is 0 Å². The van der Waals surface area contributed by atoms with Gasteiger partial charge in [-0.25, -0.2) is 4.90 Å². The Balaban J connectivity index is 1.83. The van der Waals surface area contributed by atoms with E-state index in [9.17, 15) is 9.59 Å². The van der Waals surface area contributed by atoms with Gasteiger partial charge in [0.1, 0.15) is 5.70 Å². The second-order valence-electron chi connectivity index (χ2n) is 7.83. The Hall–Kier alpha value is -3.66. The summed E-state index contributed by atoms with van der Waals surface area (Å²) in [6, 6.07) is 21.0. The molecule has 0 fully saturated rings. The number of nitrogens with zero attached hydrogens (tertiary/aromatic N) is 1. The Morgan fingerprint density at radius 1 is 0.700 bits per heavy atom. The average molecular weight is 396 g/mol. The van der Waals surface area contributed by atoms with Gasteiger partial charge < -0.3 is 5.32 Å². The molecule has 4 nitrogen and oxygen atoms in total. The molecule has 4 heteroatoms. The third-order valence-corrected chi connectivity index (χ3v) is 5.39. The Kier molecular flexibility index (Phi) is 5.00. The van der Waals surface area contributed by atoms with E-state index in [0.717, 1.165) is 22.4 Å². The molecule has 3 aromatic rings. The fourth-order valence-electron chi connectivity index (χ4n) is 3.80. The second-order valence-corrected chi connectivity index (χ2v) is 7.83. The van der Waals surface area contributed by atoms with Crippen LogP contribution in [0, 0.1) is 27.7 Å². The molecule has 2 amide bonds. The fourth-order valence-corrected chi connectivity index (χ4v) is 3.80. The number of benzene rings is 3. The van der Waals surface area contributed by atoms with Crippen LogP contribution in [0.3, 0.4) is 0 Å². The van der Waals surface area contributed by atoms with Crippen molar-refractivity contribution in [3.8, 4) is 0 Å². The largest absolute Gasteiger partial charge is 0.350 e. The maximum absolute atomic E-state index is 13.5. The van der Waals surface area contributed by atoms with Gasteiger partial charge in [0.25, 0.3) is 11.8 Å². The van der Waals surface area contributed by atoms with Crippen LogP contribution in [0.1, 0.15) is 27.8 Å². The van der Waals surface area contributed by atoms with Gasteiger partial charge in [-0.1, -0.05) is 42.5 Å². The summed E-state index contributed by atoms with van der Waals surface area (Å²) in [7, 11) is 0. The molecular formula is C26H24N2O2. The zero-order valence-electron chi connectivity index (χ0n) is 17.6. The summed E-state index contributed by atoms with van der Waals surface area (Å²) in [5.74, 6) is -0.662. The number of imide groups is 1. The predicted octanol–water partition coefficient (Wildman–Crippen LogP) is 5.32. The van der Waals surface area contributed by atoms with E-state index in [1.807, 2.05) is 94.4 Å². The van der Waals surface area contributed by atoms with E-state index >= 15 is 0 Å². The number of amides is 2. The van der Waals surface area contributed by atoms with E-state index in [1.54, 1.807) is 0 Å². The van der Waals surface area contributed by atoms with E-state index < -0.39 is 0 Å². The van der Waals surface area contributed by atoms with E-state index in [4.69, 9.17) is 0 Å². The number of rotatable bonds is 4. The molecule has 4 rings (SSSR count). The summed E-state index contributed by atoms with van der Waals surface area (Å²) < 4.78 is 0. The number of aryl methyl sites for hydroxylation is 4. The van der Waals surface area contributed by atoms with E-state index in [0.29, 0.717) is 22.5 Å². The minimum absolute atomic E-state index is 0.300. The Morgan fingerprint density at radius 2 is 1.37 bits per heavy atom. The molecule has 1 aliphatic rings. The normalized spacial score (nSPS) is 13.9. The van der Waals surface area contributed by atoms with Crippen molar-refractivity contribution in [2.45, 2.75) is 27.7 Å². The van der Waals surface area contributed by atoms with Crippen LogP contribution in [-0.4, -0.2) is 11.8 Å². The van der Waals surface area contributed by atoms with Crippen molar-refractivity contribution in [2.24, 2.45) is 0 Å². The van der Waals surface area contributed by atoms with Crippen molar-refractivity contribution in [1.82, 2.24) is 0 Å². The molecule has 0 aromatic heterocycles. The average Bonchev–Trinajstić information content (AvgIpc) is 2.94. The molecule has 0 saturated carbocycles. The van der Waals surface area contributed by atoms with E-state index in [-0.39, 0.29) is 11.8 Å². The smallest absolute Gasteiger partial charge is 0.282 e. The quantitative estimate of drug-likeness (QED) is 0.608. The lowest BCUT2D eigenvalue weighted by Crippen LogP contribution is -2.32. The highest BCUT2D eigenvalue weighted by Crippen LogP contribution is 2.34. The zero-order valence-corrected chi connectivity index (χ0v) is 17.6. The van der Waals surface area contributed by atoms with Crippen LogP contribution in [0.4, 0.5) is 11.4 Å². The minimum Gasteiger partial charge on any atom is -0.350 e. The lowest BCUT2D eigenvalue weighted by atomic mass is 10.0. The van der Waals surface area contributed by atoms with Gasteiger partial charge >= 0.3 is 0 Å². The van der Waals surface area contributed by atoms with Crippen LogP contribution in [0.15, 0.2) is 72.4 Å². The van der Waals surface area contributed by atoms with Crippen LogP contribution < -0.4 is 10.2 Å². The first-order chi connectivity index (χ1) is 14.3. The maximum Gasteiger partial charge on any atom is 0.282 e. The lowest BCUT2D eigenvalue weighted by Gasteiger charge is -2.17. The predicted molar refractivity (Wildman–Crippen MR) is 121 cm³/mol. The van der Waals surface area contributed by atoms with Gasteiger partial charge in [0.15, 0.2) is 0 Å². The van der Waals surface area contributed by atoms with E-state index in [1.165, 1.54) is 10.5 Å². The molecule has 30 heavy (non-hydrogen) atoms. The summed E-state index contributed by atoms with van der Waals surface area (Å²) in [6.45, 7) is 7.99. The lowest BCUT2D eigenvalue weighted by molar-refractivity contribution is -0.120. The first-order valence-corrected chi connectivity index (χ1v) is 9.96. The van der Waals surface area contributed by atoms with Crippen molar-refractivity contribution in [2.75, 3.05) is 10.2 Å². The van der Waals surface area contributed by atoms with Crippen molar-refractivity contribution in [3.63, 3.8) is 0 Å². The van der Waals surface area contributed by atoms with Crippen LogP contribution in [-0.2, 0) is 9.59 Å². The number of hydrogen-bond donors (Lipinski definition) is 1. The summed E-state index contributed by atoms with van der Waals surface area (Å²) in [4.78, 5) is 28.2. The number of carbonyl (C=O) groups is 2. The van der Waals surface area contributed by atoms with Gasteiger partial charge in [-0.15, -0.1) is 0 Å². The first kappa shape index (κ1) is 19.6. The molecule has 0 radical (unpaired) electrons. The molecule has 0 saturated heterocycles. The monoisotopic (exact) mass is 396 g/mol. The Labute approximate surface area is 176 Å². The molecular weight excluding hydrogens is 372 g/mol. The molecule has 150 valence electrons. The molecule has 0 unspecified atom stereocenters. The van der Waals surface area contributed by atoms with Gasteiger partial charge in [-0.3, -0.25) is 9.59 Å². The van der Waals surface area contributed by atoms with Gasteiger partial charge in [-0.05, 0) is 79.8 Å². The first-order valence-electron chi connectivity index (χ1n) is 9.96. The number of nitrogens with one attached hydrogen (secondary N) is 1. The number of hydrogen-bond acceptors (Lipinski definition) is 3. The molecule has 0 bridgehead atoms. The maximum atomic E-state index is 13.5. The summed E-state index contributed by atoms with van der Waals surface area (Å²) >= 11 is 0. The Morgan fingerprint density at radius 3 is 2.00 bits per heavy atom. The molecule has 1 aliphatic heterocycles. The van der Waals surface area contributed by atoms with Crippen molar-refractivity contribution < 1.29 is 9.59 Å². The molecule has 0 atom stereocenters. The molecule has 1 N–H and O–H groups in total. The highest BCUT2D eigenvalue weighted by Gasteiger charge is 2.40. The standard InChI is InChI=1S/C26H24N2O2/c1-16-12-17(2)14-22(13-16)28-25(29)23(20-8-6-5-7-9-20)24(26(28)30)27-21-11-10-18(3)19(4)15-21/h5-15,27H,1-4H3. The van der Waals surface area contributed by atoms with Crippen molar-refractivity contribution >= 4 is 28.8 Å². The topological polar surface area (TPSA) is 49.4 Å². The van der Waals surface area contributed by atoms with Crippen molar-refractivity contribution in [3.05, 3.63) is 100 Å². The molecule has 1 heterocycles. The summed E-state index contributed by atoms with van der Waals surface area (Å²) in [6.07, 6.45) is 0. The number of carbonyl (C=O) groups excluding carboxylic acids is 2. The van der Waals surface area contributed by atoms with Crippen molar-refractivity contribution in [1.29, 1.82) is 0 Å². The Bertz CT molecular complexity index is 1170. The second kappa shape index (κ2) is 7.64. The van der Waals surface area contributed by atoms with Gasteiger partial charge in [0, 0.05) is 5.69 Å². The molecule has 0 spiro atoms. The third kappa shape index (κ3) is 3.52. The minimum atomic E-state index is -0.345. The highest BCUT2D eigenvalue weighted by molar-refractivity contribution is 6.46. The zero-order chi connectivity index (χ0) is 21.4.